The molecule has 2 amide bonds. The largest absolute Gasteiger partial charge is 0.449 e. The standard InChI is InChI=1S/C25H21BrN2O3/c1-17(18-9-3-2-4-10-18)27-24(29)16-28-21-13-7-8-14-22(21)31-23(25(28)30)15-19-11-5-6-12-20(19)26/h2-15,17H,16H2,1H3,(H,27,29)/b23-15+. The molecule has 0 radical (unpaired) electrons. The van der Waals surface area contributed by atoms with Gasteiger partial charge in [0, 0.05) is 4.47 Å². The summed E-state index contributed by atoms with van der Waals surface area (Å²) in [4.78, 5) is 27.5. The Labute approximate surface area is 189 Å². The minimum absolute atomic E-state index is 0.107. The van der Waals surface area contributed by atoms with Crippen LogP contribution in [0.4, 0.5) is 5.69 Å². The third-order valence-electron chi connectivity index (χ3n) is 5.00. The van der Waals surface area contributed by atoms with Crippen LogP contribution in [0, 0.1) is 0 Å². The number of nitrogens with zero attached hydrogens (tertiary/aromatic N) is 1. The van der Waals surface area contributed by atoms with Crippen molar-refractivity contribution in [3.63, 3.8) is 0 Å². The number of para-hydroxylation sites is 2. The first-order valence-electron chi connectivity index (χ1n) is 9.92. The Morgan fingerprint density at radius 1 is 1.03 bits per heavy atom. The normalized spacial score (nSPS) is 15.2. The van der Waals surface area contributed by atoms with Crippen LogP contribution >= 0.6 is 15.9 Å². The van der Waals surface area contributed by atoms with Crippen LogP contribution in [0.25, 0.3) is 6.08 Å². The highest BCUT2D eigenvalue weighted by atomic mass is 79.9. The lowest BCUT2D eigenvalue weighted by Crippen LogP contribution is -2.44. The fourth-order valence-corrected chi connectivity index (χ4v) is 3.81. The van der Waals surface area contributed by atoms with Crippen molar-refractivity contribution < 1.29 is 14.3 Å². The van der Waals surface area contributed by atoms with Gasteiger partial charge < -0.3 is 10.1 Å². The summed E-state index contributed by atoms with van der Waals surface area (Å²) >= 11 is 3.49. The van der Waals surface area contributed by atoms with Crippen LogP contribution in [0.15, 0.2) is 89.1 Å². The molecule has 1 atom stereocenters. The minimum atomic E-state index is -0.364. The summed E-state index contributed by atoms with van der Waals surface area (Å²) in [6.45, 7) is 1.81. The zero-order valence-corrected chi connectivity index (χ0v) is 18.5. The van der Waals surface area contributed by atoms with Crippen molar-refractivity contribution in [2.75, 3.05) is 11.4 Å². The third kappa shape index (κ3) is 4.70. The van der Waals surface area contributed by atoms with Gasteiger partial charge in [-0.05, 0) is 42.3 Å². The predicted octanol–water partition coefficient (Wildman–Crippen LogP) is 5.09. The maximum atomic E-state index is 13.2. The highest BCUT2D eigenvalue weighted by Gasteiger charge is 2.32. The monoisotopic (exact) mass is 476 g/mol. The molecule has 31 heavy (non-hydrogen) atoms. The van der Waals surface area contributed by atoms with Gasteiger partial charge in [0.2, 0.25) is 5.91 Å². The molecule has 5 nitrogen and oxygen atoms in total. The molecule has 4 rings (SSSR count). The van der Waals surface area contributed by atoms with Gasteiger partial charge in [-0.1, -0.05) is 76.6 Å². The van der Waals surface area contributed by atoms with Crippen molar-refractivity contribution >= 4 is 39.5 Å². The summed E-state index contributed by atoms with van der Waals surface area (Å²) in [6.07, 6.45) is 1.68. The number of carbonyl (C=O) groups is 2. The van der Waals surface area contributed by atoms with E-state index >= 15 is 0 Å². The van der Waals surface area contributed by atoms with Gasteiger partial charge in [0.15, 0.2) is 11.5 Å². The summed E-state index contributed by atoms with van der Waals surface area (Å²) in [5.74, 6) is 0.0810. The number of rotatable bonds is 5. The van der Waals surface area contributed by atoms with E-state index in [9.17, 15) is 9.59 Å². The zero-order valence-electron chi connectivity index (χ0n) is 16.9. The molecule has 1 unspecified atom stereocenters. The van der Waals surface area contributed by atoms with Gasteiger partial charge in [-0.25, -0.2) is 0 Å². The summed E-state index contributed by atoms with van der Waals surface area (Å²) in [5, 5.41) is 2.97. The molecule has 1 heterocycles. The molecular weight excluding hydrogens is 456 g/mol. The smallest absolute Gasteiger partial charge is 0.294 e. The highest BCUT2D eigenvalue weighted by molar-refractivity contribution is 9.10. The van der Waals surface area contributed by atoms with Crippen LogP contribution in [0.3, 0.4) is 0 Å². The number of halogens is 1. The van der Waals surface area contributed by atoms with E-state index in [0.29, 0.717) is 11.4 Å². The number of anilines is 1. The van der Waals surface area contributed by atoms with E-state index in [0.717, 1.165) is 15.6 Å². The van der Waals surface area contributed by atoms with Crippen LogP contribution in [0.2, 0.25) is 0 Å². The number of benzene rings is 3. The van der Waals surface area contributed by atoms with Gasteiger partial charge in [-0.15, -0.1) is 0 Å². The van der Waals surface area contributed by atoms with Crippen molar-refractivity contribution in [1.82, 2.24) is 5.32 Å². The lowest BCUT2D eigenvalue weighted by Gasteiger charge is -2.30. The van der Waals surface area contributed by atoms with Crippen LogP contribution in [-0.4, -0.2) is 18.4 Å². The van der Waals surface area contributed by atoms with E-state index in [1.807, 2.05) is 73.7 Å². The van der Waals surface area contributed by atoms with Crippen LogP contribution in [0.5, 0.6) is 5.75 Å². The molecule has 0 fully saturated rings. The molecule has 1 aliphatic heterocycles. The van der Waals surface area contributed by atoms with Crippen molar-refractivity contribution in [3.05, 3.63) is 100 Å². The topological polar surface area (TPSA) is 58.6 Å². The summed E-state index contributed by atoms with van der Waals surface area (Å²) in [7, 11) is 0. The van der Waals surface area contributed by atoms with Crippen LogP contribution in [-0.2, 0) is 9.59 Å². The van der Waals surface area contributed by atoms with E-state index in [1.54, 1.807) is 18.2 Å². The van der Waals surface area contributed by atoms with Crippen molar-refractivity contribution in [2.24, 2.45) is 0 Å². The van der Waals surface area contributed by atoms with Gasteiger partial charge in [-0.2, -0.15) is 0 Å². The Morgan fingerprint density at radius 3 is 2.48 bits per heavy atom. The first kappa shape index (κ1) is 20.9. The predicted molar refractivity (Wildman–Crippen MR) is 125 cm³/mol. The molecule has 0 aliphatic carbocycles. The zero-order chi connectivity index (χ0) is 21.8. The molecular formula is C25H21BrN2O3. The Bertz CT molecular complexity index is 1140. The first-order chi connectivity index (χ1) is 15.0. The minimum Gasteiger partial charge on any atom is -0.449 e. The molecule has 0 bridgehead atoms. The Kier molecular flexibility index (Phi) is 6.18. The first-order valence-corrected chi connectivity index (χ1v) is 10.7. The third-order valence-corrected chi connectivity index (χ3v) is 5.72. The van der Waals surface area contributed by atoms with E-state index in [2.05, 4.69) is 21.2 Å². The lowest BCUT2D eigenvalue weighted by molar-refractivity contribution is -0.123. The number of fused-ring (bicyclic) bond motifs is 1. The molecule has 0 spiro atoms. The SMILES string of the molecule is CC(NC(=O)CN1C(=O)/C(=C\c2ccccc2Br)Oc2ccccc21)c1ccccc1. The van der Waals surface area contributed by atoms with Gasteiger partial charge >= 0.3 is 0 Å². The number of nitrogens with one attached hydrogen (secondary N) is 1. The van der Waals surface area contributed by atoms with Crippen LogP contribution < -0.4 is 15.0 Å². The molecule has 3 aromatic rings. The van der Waals surface area contributed by atoms with Crippen LogP contribution in [0.1, 0.15) is 24.1 Å². The van der Waals surface area contributed by atoms with Crippen molar-refractivity contribution in [3.8, 4) is 5.75 Å². The van der Waals surface area contributed by atoms with E-state index in [1.165, 1.54) is 4.90 Å². The van der Waals surface area contributed by atoms with E-state index in [-0.39, 0.29) is 30.2 Å². The number of carbonyl (C=O) groups excluding carboxylic acids is 2. The second kappa shape index (κ2) is 9.18. The van der Waals surface area contributed by atoms with Gasteiger partial charge in [0.1, 0.15) is 6.54 Å². The van der Waals surface area contributed by atoms with Crippen molar-refractivity contribution in [2.45, 2.75) is 13.0 Å². The Morgan fingerprint density at radius 2 is 1.71 bits per heavy atom. The maximum absolute atomic E-state index is 13.2. The van der Waals surface area contributed by atoms with Gasteiger partial charge in [0.05, 0.1) is 11.7 Å². The number of amides is 2. The van der Waals surface area contributed by atoms with E-state index < -0.39 is 0 Å². The number of hydrogen-bond donors (Lipinski definition) is 1. The average Bonchev–Trinajstić information content (AvgIpc) is 2.78. The number of ether oxygens (including phenoxy) is 1. The number of hydrogen-bond acceptors (Lipinski definition) is 3. The fourth-order valence-electron chi connectivity index (χ4n) is 3.41. The molecule has 1 aliphatic rings. The molecule has 0 aromatic heterocycles. The lowest BCUT2D eigenvalue weighted by atomic mass is 10.1. The van der Waals surface area contributed by atoms with E-state index in [4.69, 9.17) is 4.74 Å². The molecule has 6 heteroatoms. The summed E-state index contributed by atoms with van der Waals surface area (Å²) in [6, 6.07) is 24.3. The average molecular weight is 477 g/mol. The van der Waals surface area contributed by atoms with Gasteiger partial charge in [0.25, 0.3) is 5.91 Å². The quantitative estimate of drug-likeness (QED) is 0.521. The Balaban J connectivity index is 1.59. The van der Waals surface area contributed by atoms with Gasteiger partial charge in [-0.3, -0.25) is 14.5 Å². The van der Waals surface area contributed by atoms with Crippen molar-refractivity contribution in [1.29, 1.82) is 0 Å². The molecule has 0 saturated heterocycles. The summed E-state index contributed by atoms with van der Waals surface area (Å²) < 4.78 is 6.73. The highest BCUT2D eigenvalue weighted by Crippen LogP contribution is 2.36. The second-order valence-electron chi connectivity index (χ2n) is 7.19. The molecule has 156 valence electrons. The second-order valence-corrected chi connectivity index (χ2v) is 8.05. The Hall–Kier alpha value is -3.38. The maximum Gasteiger partial charge on any atom is 0.294 e. The fraction of sp³-hybridized carbons (Fsp3) is 0.120. The summed E-state index contributed by atoms with van der Waals surface area (Å²) in [5.41, 5.74) is 2.38. The molecule has 1 N–H and O–H groups in total. The molecule has 0 saturated carbocycles. The molecule has 3 aromatic carbocycles.